The lowest BCUT2D eigenvalue weighted by atomic mass is 9.81. The Balaban J connectivity index is 0.881. The van der Waals surface area contributed by atoms with Crippen molar-refractivity contribution in [3.05, 3.63) is 236 Å². The van der Waals surface area contributed by atoms with Gasteiger partial charge >= 0.3 is 0 Å². The van der Waals surface area contributed by atoms with Crippen LogP contribution in [0.4, 0.5) is 17.1 Å². The smallest absolute Gasteiger partial charge is 0.136 e. The highest BCUT2D eigenvalue weighted by atomic mass is 32.1. The fraction of sp³-hybridized carbons (Fsp3) is 0.0476. The maximum absolute atomic E-state index is 6.27. The predicted octanol–water partition coefficient (Wildman–Crippen LogP) is 18.4. The maximum atomic E-state index is 6.27. The molecule has 0 bridgehead atoms. The van der Waals surface area contributed by atoms with Gasteiger partial charge in [-0.25, -0.2) is 0 Å². The molecule has 0 saturated carbocycles. The lowest BCUT2D eigenvalue weighted by molar-refractivity contribution is 0.660. The summed E-state index contributed by atoms with van der Waals surface area (Å²) in [5.74, 6) is 0. The summed E-state index contributed by atoms with van der Waals surface area (Å²) in [4.78, 5) is 2.37. The van der Waals surface area contributed by atoms with Gasteiger partial charge in [-0.1, -0.05) is 172 Å². The number of nitrogens with zero attached hydrogens (tertiary/aromatic N) is 1. The number of thiophene rings is 1. The second-order valence-electron chi connectivity index (χ2n) is 18.0. The van der Waals surface area contributed by atoms with E-state index in [1.807, 2.05) is 23.5 Å². The molecule has 0 radical (unpaired) electrons. The van der Waals surface area contributed by atoms with Crippen LogP contribution in [-0.4, -0.2) is 0 Å². The molecule has 312 valence electrons. The van der Waals surface area contributed by atoms with Gasteiger partial charge in [-0.05, 0) is 133 Å². The third-order valence-electron chi connectivity index (χ3n) is 13.9. The molecule has 1 aliphatic rings. The summed E-state index contributed by atoms with van der Waals surface area (Å²) in [6, 6.07) is 82.0. The first-order valence-corrected chi connectivity index (χ1v) is 23.5. The van der Waals surface area contributed by atoms with E-state index in [0.29, 0.717) is 0 Å². The molecular weight excluding hydrogens is 819 g/mol. The number of hydrogen-bond donors (Lipinski definition) is 0. The molecule has 0 aliphatic heterocycles. The summed E-state index contributed by atoms with van der Waals surface area (Å²) < 4.78 is 8.91. The number of hydrogen-bond acceptors (Lipinski definition) is 3. The van der Waals surface area contributed by atoms with Gasteiger partial charge in [0, 0.05) is 53.4 Å². The fourth-order valence-corrected chi connectivity index (χ4v) is 11.8. The maximum Gasteiger partial charge on any atom is 0.136 e. The molecule has 3 heteroatoms. The highest BCUT2D eigenvalue weighted by molar-refractivity contribution is 7.26. The third kappa shape index (κ3) is 6.15. The second-order valence-corrected chi connectivity index (χ2v) is 19.1. The molecule has 0 atom stereocenters. The zero-order chi connectivity index (χ0) is 43.9. The van der Waals surface area contributed by atoms with Gasteiger partial charge in [0.2, 0.25) is 0 Å². The molecule has 0 amide bonds. The Morgan fingerprint density at radius 3 is 1.67 bits per heavy atom. The van der Waals surface area contributed by atoms with Gasteiger partial charge in [0.25, 0.3) is 0 Å². The average Bonchev–Trinajstić information content (AvgIpc) is 4.02. The Kier molecular flexibility index (Phi) is 8.78. The SMILES string of the molecule is CC1(C)c2ccc(-c3ccc(N(c4ccc(-c5cccc6c5sc5ccccc56)cc4)c4ccc(-c5cccc6oc7ccccc7c56)cc4)cc3)cc2-c2ccc(-c3ccccc3)cc21. The van der Waals surface area contributed by atoms with E-state index in [4.69, 9.17) is 4.42 Å². The lowest BCUT2D eigenvalue weighted by Gasteiger charge is -2.26. The van der Waals surface area contributed by atoms with Crippen LogP contribution in [-0.2, 0) is 5.41 Å². The molecule has 0 saturated heterocycles. The van der Waals surface area contributed by atoms with E-state index in [-0.39, 0.29) is 5.41 Å². The van der Waals surface area contributed by atoms with Crippen molar-refractivity contribution in [1.82, 2.24) is 0 Å². The quantitative estimate of drug-likeness (QED) is 0.159. The first-order valence-electron chi connectivity index (χ1n) is 22.7. The van der Waals surface area contributed by atoms with Crippen LogP contribution in [0.25, 0.3) is 97.7 Å². The molecule has 13 rings (SSSR count). The summed E-state index contributed by atoms with van der Waals surface area (Å²) in [7, 11) is 0. The molecule has 2 aromatic heterocycles. The molecule has 10 aromatic carbocycles. The molecule has 2 nitrogen and oxygen atoms in total. The molecule has 66 heavy (non-hydrogen) atoms. The van der Waals surface area contributed by atoms with E-state index in [9.17, 15) is 0 Å². The molecule has 1 aliphatic carbocycles. The number of anilines is 3. The van der Waals surface area contributed by atoms with Gasteiger partial charge < -0.3 is 9.32 Å². The number of rotatable bonds is 7. The van der Waals surface area contributed by atoms with Crippen molar-refractivity contribution < 1.29 is 4.42 Å². The van der Waals surface area contributed by atoms with Crippen molar-refractivity contribution in [2.45, 2.75) is 19.3 Å². The Morgan fingerprint density at radius 2 is 0.909 bits per heavy atom. The van der Waals surface area contributed by atoms with Gasteiger partial charge in [-0.2, -0.15) is 0 Å². The molecule has 2 heterocycles. The monoisotopic (exact) mass is 861 g/mol. The largest absolute Gasteiger partial charge is 0.456 e. The van der Waals surface area contributed by atoms with Crippen LogP contribution in [0.15, 0.2) is 229 Å². The number of furan rings is 1. The number of para-hydroxylation sites is 1. The van der Waals surface area contributed by atoms with Crippen molar-refractivity contribution >= 4 is 70.5 Å². The van der Waals surface area contributed by atoms with Crippen LogP contribution < -0.4 is 4.90 Å². The Bertz CT molecular complexity index is 3820. The van der Waals surface area contributed by atoms with Crippen molar-refractivity contribution in [3.63, 3.8) is 0 Å². The first kappa shape index (κ1) is 38.5. The van der Waals surface area contributed by atoms with Crippen LogP contribution in [0.1, 0.15) is 25.0 Å². The van der Waals surface area contributed by atoms with E-state index in [2.05, 4.69) is 231 Å². The standard InChI is InChI=1S/C63H43NOS/c1-63(2)56-37-29-44(38-55(56)51-36-28-45(39-57(51)63)40-12-4-3-5-13-40)41-22-30-46(31-23-41)64(47-32-24-42(25-33-47)49-16-11-20-59-61(49)54-15-6-8-19-58(54)65-59)48-34-26-43(27-35-48)50-17-10-18-53-52-14-7-9-21-60(52)66-62(50)53/h3-39H,1-2H3. The average molecular weight is 862 g/mol. The van der Waals surface area contributed by atoms with Gasteiger partial charge in [-0.3, -0.25) is 0 Å². The molecule has 0 N–H and O–H groups in total. The molecule has 12 aromatic rings. The second kappa shape index (κ2) is 15.1. The van der Waals surface area contributed by atoms with E-state index in [1.165, 1.54) is 75.8 Å². The third-order valence-corrected chi connectivity index (χ3v) is 15.1. The zero-order valence-corrected chi connectivity index (χ0v) is 37.4. The van der Waals surface area contributed by atoms with E-state index in [1.54, 1.807) is 0 Å². The predicted molar refractivity (Wildman–Crippen MR) is 281 cm³/mol. The number of fused-ring (bicyclic) bond motifs is 9. The highest BCUT2D eigenvalue weighted by Gasteiger charge is 2.36. The van der Waals surface area contributed by atoms with Gasteiger partial charge in [0.1, 0.15) is 11.2 Å². The Labute approximate surface area is 388 Å². The van der Waals surface area contributed by atoms with Crippen LogP contribution >= 0.6 is 11.3 Å². The minimum absolute atomic E-state index is 0.0906. The van der Waals surface area contributed by atoms with Crippen LogP contribution in [0.2, 0.25) is 0 Å². The van der Waals surface area contributed by atoms with Crippen LogP contribution in [0.3, 0.4) is 0 Å². The molecule has 0 unspecified atom stereocenters. The zero-order valence-electron chi connectivity index (χ0n) is 36.6. The van der Waals surface area contributed by atoms with Gasteiger partial charge in [-0.15, -0.1) is 11.3 Å². The molecule has 0 spiro atoms. The minimum Gasteiger partial charge on any atom is -0.456 e. The van der Waals surface area contributed by atoms with Gasteiger partial charge in [0.15, 0.2) is 0 Å². The lowest BCUT2D eigenvalue weighted by Crippen LogP contribution is -2.15. The Hall–Kier alpha value is -7.98. The summed E-state index contributed by atoms with van der Waals surface area (Å²) in [5, 5.41) is 4.91. The molecule has 0 fully saturated rings. The summed E-state index contributed by atoms with van der Waals surface area (Å²) >= 11 is 1.87. The van der Waals surface area contributed by atoms with Gasteiger partial charge in [0.05, 0.1) is 0 Å². The fourth-order valence-electron chi connectivity index (χ4n) is 10.6. The van der Waals surface area contributed by atoms with Crippen LogP contribution in [0, 0.1) is 0 Å². The van der Waals surface area contributed by atoms with Crippen LogP contribution in [0.5, 0.6) is 0 Å². The van der Waals surface area contributed by atoms with Crippen molar-refractivity contribution in [2.75, 3.05) is 4.90 Å². The summed E-state index contributed by atoms with van der Waals surface area (Å²) in [6.45, 7) is 4.72. The topological polar surface area (TPSA) is 16.4 Å². The Morgan fingerprint density at radius 1 is 0.364 bits per heavy atom. The summed E-state index contributed by atoms with van der Waals surface area (Å²) in [6.07, 6.45) is 0. The van der Waals surface area contributed by atoms with E-state index in [0.717, 1.165) is 50.1 Å². The van der Waals surface area contributed by atoms with E-state index < -0.39 is 0 Å². The number of benzene rings is 10. The highest BCUT2D eigenvalue weighted by Crippen LogP contribution is 2.51. The van der Waals surface area contributed by atoms with Crippen molar-refractivity contribution in [3.8, 4) is 55.6 Å². The minimum atomic E-state index is -0.0906. The van der Waals surface area contributed by atoms with E-state index >= 15 is 0 Å². The normalized spacial score (nSPS) is 12.8. The summed E-state index contributed by atoms with van der Waals surface area (Å²) in [5.41, 5.74) is 20.1. The first-order chi connectivity index (χ1) is 32.5. The molecular formula is C63H43NOS. The van der Waals surface area contributed by atoms with Crippen molar-refractivity contribution in [2.24, 2.45) is 0 Å². The van der Waals surface area contributed by atoms with Crippen molar-refractivity contribution in [1.29, 1.82) is 0 Å².